The van der Waals surface area contributed by atoms with Crippen molar-refractivity contribution in [2.24, 2.45) is 11.8 Å². The second-order valence-corrected chi connectivity index (χ2v) is 10.2. The molecule has 0 amide bonds. The lowest BCUT2D eigenvalue weighted by Gasteiger charge is -2.42. The van der Waals surface area contributed by atoms with Crippen LogP contribution in [0.1, 0.15) is 77.6 Å². The molecule has 2 nitrogen and oxygen atoms in total. The summed E-state index contributed by atoms with van der Waals surface area (Å²) in [5, 5.41) is 0. The average Bonchev–Trinajstić information content (AvgIpc) is 2.60. The van der Waals surface area contributed by atoms with Crippen molar-refractivity contribution in [3.63, 3.8) is 0 Å². The minimum Gasteiger partial charge on any atom is -0.326 e. The van der Waals surface area contributed by atoms with E-state index in [9.17, 15) is 0 Å². The average molecular weight is 365 g/mol. The van der Waals surface area contributed by atoms with Gasteiger partial charge in [-0.25, -0.2) is 0 Å². The summed E-state index contributed by atoms with van der Waals surface area (Å²) in [4.78, 5) is 0. The SMILES string of the molecule is C=CCC1CCC[N+](C)(CCCCC[N+]2(C)CCCC(CCCC)C2)C1. The van der Waals surface area contributed by atoms with Crippen molar-refractivity contribution in [3.05, 3.63) is 12.7 Å². The summed E-state index contributed by atoms with van der Waals surface area (Å²) in [6.45, 7) is 14.8. The van der Waals surface area contributed by atoms with E-state index in [0.717, 1.165) is 11.8 Å². The molecule has 0 aromatic heterocycles. The third-order valence-corrected chi connectivity index (χ3v) is 7.38. The molecule has 2 aliphatic heterocycles. The van der Waals surface area contributed by atoms with Crippen LogP contribution in [0.25, 0.3) is 0 Å². The summed E-state index contributed by atoms with van der Waals surface area (Å²) in [5.74, 6) is 1.90. The van der Waals surface area contributed by atoms with E-state index in [4.69, 9.17) is 0 Å². The van der Waals surface area contributed by atoms with Gasteiger partial charge in [-0.1, -0.05) is 25.8 Å². The number of allylic oxidation sites excluding steroid dienone is 1. The molecule has 0 N–H and O–H groups in total. The molecule has 26 heavy (non-hydrogen) atoms. The molecule has 0 aromatic rings. The van der Waals surface area contributed by atoms with Crippen molar-refractivity contribution in [2.75, 3.05) is 53.4 Å². The van der Waals surface area contributed by atoms with Gasteiger partial charge in [0.05, 0.1) is 53.4 Å². The number of nitrogens with zero attached hydrogens (tertiary/aromatic N) is 2. The fourth-order valence-electron chi connectivity index (χ4n) is 5.86. The van der Waals surface area contributed by atoms with Crippen LogP contribution in [0.2, 0.25) is 0 Å². The van der Waals surface area contributed by atoms with Crippen molar-refractivity contribution in [1.82, 2.24) is 0 Å². The van der Waals surface area contributed by atoms with Crippen molar-refractivity contribution < 1.29 is 8.97 Å². The van der Waals surface area contributed by atoms with E-state index in [0.29, 0.717) is 0 Å². The molecule has 0 radical (unpaired) electrons. The molecule has 0 bridgehead atoms. The van der Waals surface area contributed by atoms with Gasteiger partial charge in [0.15, 0.2) is 0 Å². The molecule has 152 valence electrons. The second kappa shape index (κ2) is 10.9. The van der Waals surface area contributed by atoms with Gasteiger partial charge < -0.3 is 8.97 Å². The Hall–Kier alpha value is -0.340. The molecule has 2 heteroatoms. The predicted octanol–water partition coefficient (Wildman–Crippen LogP) is 5.64. The summed E-state index contributed by atoms with van der Waals surface area (Å²) < 4.78 is 2.69. The Morgan fingerprint density at radius 2 is 1.42 bits per heavy atom. The summed E-state index contributed by atoms with van der Waals surface area (Å²) in [6.07, 6.45) is 17.7. The van der Waals surface area contributed by atoms with E-state index in [2.05, 4.69) is 33.7 Å². The summed E-state index contributed by atoms with van der Waals surface area (Å²) in [6, 6.07) is 0. The summed E-state index contributed by atoms with van der Waals surface area (Å²) in [7, 11) is 5.04. The first-order chi connectivity index (χ1) is 12.5. The number of hydrogen-bond donors (Lipinski definition) is 0. The zero-order chi connectivity index (χ0) is 18.9. The lowest BCUT2D eigenvalue weighted by Crippen LogP contribution is -2.52. The quantitative estimate of drug-likeness (QED) is 0.253. The molecule has 0 aliphatic carbocycles. The molecule has 2 heterocycles. The largest absolute Gasteiger partial charge is 0.326 e. The number of quaternary nitrogens is 2. The Bertz CT molecular complexity index is 407. The highest BCUT2D eigenvalue weighted by Gasteiger charge is 2.31. The Balaban J connectivity index is 1.64. The van der Waals surface area contributed by atoms with Crippen LogP contribution in [0.3, 0.4) is 0 Å². The normalized spacial score (nSPS) is 35.3. The second-order valence-electron chi connectivity index (χ2n) is 10.2. The first kappa shape index (κ1) is 22.0. The number of piperidine rings is 2. The van der Waals surface area contributed by atoms with E-state index in [1.54, 1.807) is 0 Å². The fraction of sp³-hybridized carbons (Fsp3) is 0.917. The van der Waals surface area contributed by atoms with Crippen LogP contribution in [0.15, 0.2) is 12.7 Å². The maximum Gasteiger partial charge on any atom is 0.0816 e. The molecule has 2 aliphatic rings. The number of unbranched alkanes of at least 4 members (excludes halogenated alkanes) is 3. The monoisotopic (exact) mass is 364 g/mol. The number of hydrogen-bond acceptors (Lipinski definition) is 0. The highest BCUT2D eigenvalue weighted by Crippen LogP contribution is 2.27. The molecule has 0 saturated carbocycles. The lowest BCUT2D eigenvalue weighted by atomic mass is 9.91. The molecule has 4 atom stereocenters. The van der Waals surface area contributed by atoms with Crippen LogP contribution in [0, 0.1) is 11.8 Å². The molecular formula is C24H48N2+2. The first-order valence-corrected chi connectivity index (χ1v) is 11.8. The Morgan fingerprint density at radius 1 is 0.846 bits per heavy atom. The summed E-state index contributed by atoms with van der Waals surface area (Å²) in [5.41, 5.74) is 0. The van der Waals surface area contributed by atoms with Gasteiger partial charge >= 0.3 is 0 Å². The zero-order valence-electron chi connectivity index (χ0n) is 18.4. The molecular weight excluding hydrogens is 316 g/mol. The lowest BCUT2D eigenvalue weighted by molar-refractivity contribution is -0.919. The van der Waals surface area contributed by atoms with E-state index in [1.807, 2.05) is 0 Å². The van der Waals surface area contributed by atoms with E-state index in [-0.39, 0.29) is 0 Å². The molecule has 2 saturated heterocycles. The molecule has 2 rings (SSSR count). The minimum absolute atomic E-state index is 0.893. The molecule has 4 unspecified atom stereocenters. The van der Waals surface area contributed by atoms with Gasteiger partial charge in [-0.2, -0.15) is 0 Å². The topological polar surface area (TPSA) is 0 Å². The highest BCUT2D eigenvalue weighted by atomic mass is 15.3. The van der Waals surface area contributed by atoms with Crippen molar-refractivity contribution in [3.8, 4) is 0 Å². The standard InChI is InChI=1S/C24H48N2/c1-5-7-14-24-16-12-20-26(4,22-24)18-10-8-9-17-25(3)19-11-15-23(21-25)13-6-2/h6,23-24H,2,5,7-22H2,1,3-4H3/q+2. The Morgan fingerprint density at radius 3 is 2.00 bits per heavy atom. The van der Waals surface area contributed by atoms with E-state index < -0.39 is 0 Å². The van der Waals surface area contributed by atoms with Crippen LogP contribution >= 0.6 is 0 Å². The molecule has 0 aromatic carbocycles. The van der Waals surface area contributed by atoms with Crippen LogP contribution in [-0.2, 0) is 0 Å². The zero-order valence-corrected chi connectivity index (χ0v) is 18.4. The van der Waals surface area contributed by atoms with Crippen LogP contribution < -0.4 is 0 Å². The smallest absolute Gasteiger partial charge is 0.0816 e. The van der Waals surface area contributed by atoms with E-state index >= 15 is 0 Å². The Labute approximate surface area is 164 Å². The third-order valence-electron chi connectivity index (χ3n) is 7.38. The van der Waals surface area contributed by atoms with Gasteiger partial charge in [-0.3, -0.25) is 0 Å². The highest BCUT2D eigenvalue weighted by molar-refractivity contribution is 4.75. The van der Waals surface area contributed by atoms with Gasteiger partial charge in [0, 0.05) is 11.8 Å². The maximum absolute atomic E-state index is 3.95. The summed E-state index contributed by atoms with van der Waals surface area (Å²) >= 11 is 0. The predicted molar refractivity (Wildman–Crippen MR) is 115 cm³/mol. The van der Waals surface area contributed by atoms with Crippen molar-refractivity contribution in [2.45, 2.75) is 77.6 Å². The minimum atomic E-state index is 0.893. The first-order valence-electron chi connectivity index (χ1n) is 11.8. The van der Waals surface area contributed by atoms with Crippen molar-refractivity contribution in [1.29, 1.82) is 0 Å². The van der Waals surface area contributed by atoms with E-state index in [1.165, 1.54) is 119 Å². The molecule has 2 fully saturated rings. The third kappa shape index (κ3) is 7.35. The van der Waals surface area contributed by atoms with Crippen LogP contribution in [-0.4, -0.2) is 62.3 Å². The van der Waals surface area contributed by atoms with Gasteiger partial charge in [0.1, 0.15) is 0 Å². The van der Waals surface area contributed by atoms with Gasteiger partial charge in [0.2, 0.25) is 0 Å². The van der Waals surface area contributed by atoms with Gasteiger partial charge in [-0.15, -0.1) is 6.58 Å². The number of rotatable bonds is 11. The Kier molecular flexibility index (Phi) is 9.17. The maximum atomic E-state index is 3.95. The fourth-order valence-corrected chi connectivity index (χ4v) is 5.86. The van der Waals surface area contributed by atoms with Gasteiger partial charge in [-0.05, 0) is 57.8 Å². The van der Waals surface area contributed by atoms with Crippen LogP contribution in [0.4, 0.5) is 0 Å². The van der Waals surface area contributed by atoms with Crippen molar-refractivity contribution >= 4 is 0 Å². The van der Waals surface area contributed by atoms with Gasteiger partial charge in [0.25, 0.3) is 0 Å². The number of likely N-dealkylation sites (tertiary alicyclic amines) is 2. The molecule has 0 spiro atoms. The van der Waals surface area contributed by atoms with Crippen LogP contribution in [0.5, 0.6) is 0 Å².